The Labute approximate surface area is 137 Å². The van der Waals surface area contributed by atoms with E-state index in [1.54, 1.807) is 24.3 Å². The molecule has 0 fully saturated rings. The van der Waals surface area contributed by atoms with Crippen molar-refractivity contribution in [1.82, 2.24) is 0 Å². The van der Waals surface area contributed by atoms with Crippen LogP contribution in [0.5, 0.6) is 5.75 Å². The number of carbonyl (C=O) groups excluding carboxylic acids is 1. The Morgan fingerprint density at radius 2 is 1.52 bits per heavy atom. The number of hydrogen-bond acceptors (Lipinski definition) is 6. The van der Waals surface area contributed by atoms with Gasteiger partial charge in [0.2, 0.25) is 0 Å². The molecule has 0 bridgehead atoms. The topological polar surface area (TPSA) is 80.0 Å². The number of hydrogen-bond donors (Lipinski definition) is 1. The van der Waals surface area contributed by atoms with E-state index in [1.165, 1.54) is 0 Å². The maximum Gasteiger partial charge on any atom is 0.338 e. The summed E-state index contributed by atoms with van der Waals surface area (Å²) in [5.74, 6) is 0.338. The van der Waals surface area contributed by atoms with Crippen LogP contribution in [0.3, 0.4) is 0 Å². The largest absolute Gasteiger partial charge is 0.491 e. The number of carbonyl (C=O) groups is 1. The van der Waals surface area contributed by atoms with Crippen LogP contribution in [0.1, 0.15) is 31.1 Å². The molecule has 0 radical (unpaired) electrons. The number of nitrogens with two attached hydrogens (primary N) is 1. The van der Waals surface area contributed by atoms with E-state index < -0.39 is 5.60 Å². The van der Waals surface area contributed by atoms with Gasteiger partial charge in [-0.15, -0.1) is 0 Å². The highest BCUT2D eigenvalue weighted by molar-refractivity contribution is 5.89. The summed E-state index contributed by atoms with van der Waals surface area (Å²) in [5.41, 5.74) is 5.30. The van der Waals surface area contributed by atoms with Crippen molar-refractivity contribution >= 4 is 5.97 Å². The van der Waals surface area contributed by atoms with Crippen LogP contribution in [-0.4, -0.2) is 51.1 Å². The summed E-state index contributed by atoms with van der Waals surface area (Å²) in [6.45, 7) is 8.52. The van der Waals surface area contributed by atoms with Crippen LogP contribution in [0.4, 0.5) is 0 Å². The molecule has 0 spiro atoms. The van der Waals surface area contributed by atoms with E-state index in [0.717, 1.165) is 0 Å². The van der Waals surface area contributed by atoms with Gasteiger partial charge in [0.15, 0.2) is 0 Å². The molecule has 0 heterocycles. The van der Waals surface area contributed by atoms with Gasteiger partial charge in [-0.3, -0.25) is 0 Å². The Morgan fingerprint density at radius 1 is 0.957 bits per heavy atom. The molecule has 0 saturated carbocycles. The second kappa shape index (κ2) is 10.2. The Hall–Kier alpha value is -1.63. The van der Waals surface area contributed by atoms with Crippen LogP contribution in [0.15, 0.2) is 24.3 Å². The first-order chi connectivity index (χ1) is 10.9. The summed E-state index contributed by atoms with van der Waals surface area (Å²) in [6.07, 6.45) is 0. The summed E-state index contributed by atoms with van der Waals surface area (Å²) >= 11 is 0. The lowest BCUT2D eigenvalue weighted by atomic mass is 10.1. The summed E-state index contributed by atoms with van der Waals surface area (Å²) in [5, 5.41) is 0. The van der Waals surface area contributed by atoms with E-state index in [0.29, 0.717) is 50.9 Å². The normalized spacial score (nSPS) is 11.3. The molecule has 0 aliphatic rings. The van der Waals surface area contributed by atoms with Gasteiger partial charge in [-0.05, 0) is 45.0 Å². The third-order valence-electron chi connectivity index (χ3n) is 2.62. The molecular formula is C17H27NO5. The van der Waals surface area contributed by atoms with E-state index in [1.807, 2.05) is 20.8 Å². The minimum atomic E-state index is -0.503. The van der Waals surface area contributed by atoms with Crippen LogP contribution in [0.25, 0.3) is 0 Å². The highest BCUT2D eigenvalue weighted by Crippen LogP contribution is 2.16. The molecule has 0 saturated heterocycles. The first kappa shape index (κ1) is 19.4. The van der Waals surface area contributed by atoms with E-state index in [4.69, 9.17) is 24.7 Å². The molecule has 6 nitrogen and oxygen atoms in total. The van der Waals surface area contributed by atoms with Gasteiger partial charge in [-0.2, -0.15) is 0 Å². The summed E-state index contributed by atoms with van der Waals surface area (Å²) in [6, 6.07) is 6.85. The molecule has 1 aromatic rings. The van der Waals surface area contributed by atoms with Crippen molar-refractivity contribution < 1.29 is 23.7 Å². The first-order valence-corrected chi connectivity index (χ1v) is 7.74. The van der Waals surface area contributed by atoms with Crippen molar-refractivity contribution in [1.29, 1.82) is 0 Å². The first-order valence-electron chi connectivity index (χ1n) is 7.74. The van der Waals surface area contributed by atoms with Crippen molar-refractivity contribution in [2.75, 3.05) is 39.6 Å². The van der Waals surface area contributed by atoms with Crippen LogP contribution >= 0.6 is 0 Å². The molecule has 1 aromatic carbocycles. The fourth-order valence-corrected chi connectivity index (χ4v) is 1.65. The predicted molar refractivity (Wildman–Crippen MR) is 87.8 cm³/mol. The van der Waals surface area contributed by atoms with E-state index in [-0.39, 0.29) is 5.97 Å². The van der Waals surface area contributed by atoms with Gasteiger partial charge in [-0.1, -0.05) is 0 Å². The monoisotopic (exact) mass is 325 g/mol. The minimum Gasteiger partial charge on any atom is -0.491 e. The van der Waals surface area contributed by atoms with Crippen LogP contribution in [0, 0.1) is 0 Å². The molecule has 0 unspecified atom stereocenters. The van der Waals surface area contributed by atoms with Gasteiger partial charge < -0.3 is 24.7 Å². The van der Waals surface area contributed by atoms with Gasteiger partial charge in [0.25, 0.3) is 0 Å². The zero-order valence-corrected chi connectivity index (χ0v) is 14.2. The second-order valence-corrected chi connectivity index (χ2v) is 5.89. The summed E-state index contributed by atoms with van der Waals surface area (Å²) < 4.78 is 21.4. The lowest BCUT2D eigenvalue weighted by molar-refractivity contribution is 0.00694. The lowest BCUT2D eigenvalue weighted by Crippen LogP contribution is -2.23. The number of esters is 1. The van der Waals surface area contributed by atoms with Gasteiger partial charge >= 0.3 is 5.97 Å². The van der Waals surface area contributed by atoms with Gasteiger partial charge in [-0.25, -0.2) is 4.79 Å². The second-order valence-electron chi connectivity index (χ2n) is 5.89. The maximum absolute atomic E-state index is 11.9. The van der Waals surface area contributed by atoms with E-state index in [9.17, 15) is 4.79 Å². The molecule has 0 amide bonds. The zero-order chi connectivity index (χ0) is 17.1. The van der Waals surface area contributed by atoms with Crippen LogP contribution in [-0.2, 0) is 14.2 Å². The SMILES string of the molecule is CC(C)(C)OC(=O)c1ccc(OCCOCCOCCN)cc1. The minimum absolute atomic E-state index is 0.343. The average molecular weight is 325 g/mol. The Bertz CT molecular complexity index is 453. The van der Waals surface area contributed by atoms with Gasteiger partial charge in [0, 0.05) is 6.54 Å². The molecule has 0 atom stereocenters. The van der Waals surface area contributed by atoms with Crippen LogP contribution in [0.2, 0.25) is 0 Å². The Morgan fingerprint density at radius 3 is 2.09 bits per heavy atom. The lowest BCUT2D eigenvalue weighted by Gasteiger charge is -2.19. The number of ether oxygens (including phenoxy) is 4. The van der Waals surface area contributed by atoms with Crippen LogP contribution < -0.4 is 10.5 Å². The molecule has 23 heavy (non-hydrogen) atoms. The van der Waals surface area contributed by atoms with Crippen molar-refractivity contribution in [2.45, 2.75) is 26.4 Å². The smallest absolute Gasteiger partial charge is 0.338 e. The molecule has 6 heteroatoms. The zero-order valence-electron chi connectivity index (χ0n) is 14.2. The fourth-order valence-electron chi connectivity index (χ4n) is 1.65. The number of benzene rings is 1. The Balaban J connectivity index is 2.23. The number of rotatable bonds is 10. The molecule has 0 aliphatic carbocycles. The van der Waals surface area contributed by atoms with Crippen molar-refractivity contribution in [3.05, 3.63) is 29.8 Å². The molecular weight excluding hydrogens is 298 g/mol. The molecule has 0 aliphatic heterocycles. The van der Waals surface area contributed by atoms with Gasteiger partial charge in [0.05, 0.1) is 32.0 Å². The summed E-state index contributed by atoms with van der Waals surface area (Å²) in [7, 11) is 0. The maximum atomic E-state index is 11.9. The fraction of sp³-hybridized carbons (Fsp3) is 0.588. The predicted octanol–water partition coefficient (Wildman–Crippen LogP) is 2.01. The molecule has 0 aromatic heterocycles. The molecule has 1 rings (SSSR count). The Kier molecular flexibility index (Phi) is 8.61. The molecule has 2 N–H and O–H groups in total. The third kappa shape index (κ3) is 9.18. The van der Waals surface area contributed by atoms with E-state index in [2.05, 4.69) is 0 Å². The van der Waals surface area contributed by atoms with Crippen molar-refractivity contribution in [3.63, 3.8) is 0 Å². The quantitative estimate of drug-likeness (QED) is 0.523. The summed E-state index contributed by atoms with van der Waals surface area (Å²) in [4.78, 5) is 11.9. The molecule has 130 valence electrons. The van der Waals surface area contributed by atoms with Crippen molar-refractivity contribution in [2.24, 2.45) is 5.73 Å². The average Bonchev–Trinajstić information content (AvgIpc) is 2.49. The highest BCUT2D eigenvalue weighted by atomic mass is 16.6. The standard InChI is InChI=1S/C17H27NO5/c1-17(2,3)23-16(19)14-4-6-15(7-5-14)22-13-12-21-11-10-20-9-8-18/h4-7H,8-13,18H2,1-3H3. The third-order valence-corrected chi connectivity index (χ3v) is 2.62. The van der Waals surface area contributed by atoms with Gasteiger partial charge in [0.1, 0.15) is 18.0 Å². The van der Waals surface area contributed by atoms with Crippen molar-refractivity contribution in [3.8, 4) is 5.75 Å². The highest BCUT2D eigenvalue weighted by Gasteiger charge is 2.17. The van der Waals surface area contributed by atoms with E-state index >= 15 is 0 Å².